The third-order valence-electron chi connectivity index (χ3n) is 3.25. The molecule has 92 valence electrons. The summed E-state index contributed by atoms with van der Waals surface area (Å²) in [6.07, 6.45) is 2.45. The van der Waals surface area contributed by atoms with Gasteiger partial charge in [-0.1, -0.05) is 14.8 Å². The zero-order valence-electron chi connectivity index (χ0n) is 10.0. The van der Waals surface area contributed by atoms with E-state index in [9.17, 15) is 10.1 Å². The predicted molar refractivity (Wildman–Crippen MR) is 71.5 cm³/mol. The molecule has 0 amide bonds. The lowest BCUT2D eigenvalue weighted by molar-refractivity contribution is -0.384. The van der Waals surface area contributed by atoms with Gasteiger partial charge in [0.2, 0.25) is 0 Å². The van der Waals surface area contributed by atoms with Crippen LogP contribution in [0.4, 0.5) is 5.69 Å². The fourth-order valence-electron chi connectivity index (χ4n) is 2.11. The van der Waals surface area contributed by atoms with Gasteiger partial charge in [-0.15, -0.1) is 0 Å². The van der Waals surface area contributed by atoms with Gasteiger partial charge >= 0.3 is 0 Å². The van der Waals surface area contributed by atoms with Gasteiger partial charge in [0, 0.05) is 25.2 Å². The molecule has 0 saturated carbocycles. The summed E-state index contributed by atoms with van der Waals surface area (Å²) in [6.45, 7) is 5.65. The lowest BCUT2D eigenvalue weighted by atomic mass is 10.3. The molecule has 0 radical (unpaired) electrons. The molecule has 1 aromatic carbocycles. The lowest BCUT2D eigenvalue weighted by Gasteiger charge is -2.31. The van der Waals surface area contributed by atoms with E-state index in [-0.39, 0.29) is 18.5 Å². The number of rotatable bonds is 3. The summed E-state index contributed by atoms with van der Waals surface area (Å²) in [5.41, 5.74) is 0.191. The zero-order valence-corrected chi connectivity index (χ0v) is 10.9. The second kappa shape index (κ2) is 5.56. The van der Waals surface area contributed by atoms with Crippen molar-refractivity contribution in [1.29, 1.82) is 0 Å². The Labute approximate surface area is 103 Å². The van der Waals surface area contributed by atoms with Crippen LogP contribution in [0.15, 0.2) is 24.3 Å². The van der Waals surface area contributed by atoms with Crippen LogP contribution in [0.1, 0.15) is 6.92 Å². The van der Waals surface area contributed by atoms with Crippen molar-refractivity contribution in [3.63, 3.8) is 0 Å². The van der Waals surface area contributed by atoms with Gasteiger partial charge in [-0.05, 0) is 36.3 Å². The van der Waals surface area contributed by atoms with E-state index in [4.69, 9.17) is 0 Å². The highest BCUT2D eigenvalue weighted by atomic mass is 31.1. The minimum absolute atomic E-state index is 0.0951. The molecule has 0 N–H and O–H groups in total. The van der Waals surface area contributed by atoms with E-state index in [0.717, 1.165) is 6.54 Å². The van der Waals surface area contributed by atoms with Crippen molar-refractivity contribution in [1.82, 2.24) is 4.90 Å². The molecule has 1 heterocycles. The van der Waals surface area contributed by atoms with E-state index >= 15 is 0 Å². The molecule has 2 rings (SSSR count). The average Bonchev–Trinajstić information content (AvgIpc) is 2.39. The van der Waals surface area contributed by atoms with Crippen LogP contribution >= 0.6 is 7.92 Å². The molecular weight excluding hydrogens is 235 g/mol. The molecule has 0 spiro atoms. The third kappa shape index (κ3) is 3.02. The highest BCUT2D eigenvalue weighted by Crippen LogP contribution is 2.37. The summed E-state index contributed by atoms with van der Waals surface area (Å²) in [6, 6.07) is 7.13. The van der Waals surface area contributed by atoms with Crippen LogP contribution < -0.4 is 5.30 Å². The average molecular weight is 252 g/mol. The van der Waals surface area contributed by atoms with E-state index in [1.807, 2.05) is 12.1 Å². The largest absolute Gasteiger partial charge is 0.303 e. The van der Waals surface area contributed by atoms with Crippen molar-refractivity contribution >= 4 is 18.9 Å². The van der Waals surface area contributed by atoms with E-state index < -0.39 is 0 Å². The van der Waals surface area contributed by atoms with Crippen LogP contribution in [-0.2, 0) is 0 Å². The van der Waals surface area contributed by atoms with Crippen molar-refractivity contribution in [3.05, 3.63) is 34.4 Å². The minimum atomic E-state index is -0.337. The summed E-state index contributed by atoms with van der Waals surface area (Å²) < 4.78 is 0. The Hall–Kier alpha value is -0.990. The molecule has 1 saturated heterocycles. The first-order valence-electron chi connectivity index (χ1n) is 5.92. The topological polar surface area (TPSA) is 46.4 Å². The highest BCUT2D eigenvalue weighted by Gasteiger charge is 2.19. The normalized spacial score (nSPS) is 18.2. The molecule has 0 bridgehead atoms. The fourth-order valence-corrected chi connectivity index (χ4v) is 4.47. The first-order valence-corrected chi connectivity index (χ1v) is 7.63. The van der Waals surface area contributed by atoms with Gasteiger partial charge in [0.05, 0.1) is 4.92 Å². The number of nitrogens with zero attached hydrogens (tertiary/aromatic N) is 2. The SMILES string of the molecule is CCN1CCP(c2ccc([N+](=O)[O-])cc2)CC1. The Morgan fingerprint density at radius 1 is 1.29 bits per heavy atom. The summed E-state index contributed by atoms with van der Waals surface area (Å²) in [4.78, 5) is 12.7. The van der Waals surface area contributed by atoms with E-state index in [0.29, 0.717) is 0 Å². The minimum Gasteiger partial charge on any atom is -0.303 e. The smallest absolute Gasteiger partial charge is 0.269 e. The number of hydrogen-bond acceptors (Lipinski definition) is 3. The summed E-state index contributed by atoms with van der Waals surface area (Å²) in [5.74, 6) is 0. The number of benzene rings is 1. The maximum atomic E-state index is 10.6. The fraction of sp³-hybridized carbons (Fsp3) is 0.500. The predicted octanol–water partition coefficient (Wildman–Crippen LogP) is 2.04. The molecule has 1 aliphatic rings. The second-order valence-electron chi connectivity index (χ2n) is 4.19. The van der Waals surface area contributed by atoms with Crippen LogP contribution in [0.25, 0.3) is 0 Å². The van der Waals surface area contributed by atoms with Gasteiger partial charge in [-0.2, -0.15) is 0 Å². The van der Waals surface area contributed by atoms with Crippen molar-refractivity contribution in [2.45, 2.75) is 6.92 Å². The number of nitro groups is 1. The third-order valence-corrected chi connectivity index (χ3v) is 5.75. The Kier molecular flexibility index (Phi) is 4.08. The number of hydrogen-bond donors (Lipinski definition) is 0. The van der Waals surface area contributed by atoms with Gasteiger partial charge in [0.1, 0.15) is 0 Å². The van der Waals surface area contributed by atoms with Gasteiger partial charge in [0.15, 0.2) is 0 Å². The Bertz CT molecular complexity index is 386. The standard InChI is InChI=1S/C12H17N2O2P/c1-2-13-7-9-17(10-8-13)12-5-3-11(4-6-12)14(15)16/h3-6H,2,7-10H2,1H3. The van der Waals surface area contributed by atoms with Crippen LogP contribution in [0.2, 0.25) is 0 Å². The monoisotopic (exact) mass is 252 g/mol. The molecule has 5 heteroatoms. The van der Waals surface area contributed by atoms with Crippen LogP contribution in [-0.4, -0.2) is 41.8 Å². The molecule has 1 aromatic rings. The first-order chi connectivity index (χ1) is 8.20. The molecule has 1 fully saturated rings. The van der Waals surface area contributed by atoms with E-state index in [1.165, 1.54) is 30.7 Å². The van der Waals surface area contributed by atoms with Crippen molar-refractivity contribution in [3.8, 4) is 0 Å². The molecule has 0 aliphatic carbocycles. The lowest BCUT2D eigenvalue weighted by Crippen LogP contribution is -2.35. The first kappa shape index (κ1) is 12.5. The van der Waals surface area contributed by atoms with Crippen molar-refractivity contribution in [2.75, 3.05) is 32.0 Å². The Balaban J connectivity index is 2.01. The zero-order chi connectivity index (χ0) is 12.3. The maximum absolute atomic E-state index is 10.6. The quantitative estimate of drug-likeness (QED) is 0.470. The van der Waals surface area contributed by atoms with Crippen LogP contribution in [0.3, 0.4) is 0 Å². The summed E-state index contributed by atoms with van der Waals surface area (Å²) in [7, 11) is -0.0951. The highest BCUT2D eigenvalue weighted by molar-refractivity contribution is 7.65. The molecule has 0 unspecified atom stereocenters. The molecule has 1 aliphatic heterocycles. The van der Waals surface area contributed by atoms with Crippen molar-refractivity contribution in [2.24, 2.45) is 0 Å². The van der Waals surface area contributed by atoms with Gasteiger partial charge in [0.25, 0.3) is 5.69 Å². The molecule has 4 nitrogen and oxygen atoms in total. The molecule has 17 heavy (non-hydrogen) atoms. The molecule has 0 aromatic heterocycles. The second-order valence-corrected chi connectivity index (χ2v) is 6.69. The van der Waals surface area contributed by atoms with Crippen molar-refractivity contribution < 1.29 is 4.92 Å². The Morgan fingerprint density at radius 2 is 1.88 bits per heavy atom. The summed E-state index contributed by atoms with van der Waals surface area (Å²) in [5, 5.41) is 11.9. The van der Waals surface area contributed by atoms with Gasteiger partial charge in [-0.3, -0.25) is 10.1 Å². The van der Waals surface area contributed by atoms with Crippen LogP contribution in [0, 0.1) is 10.1 Å². The molecular formula is C12H17N2O2P. The Morgan fingerprint density at radius 3 is 2.35 bits per heavy atom. The van der Waals surface area contributed by atoms with E-state index in [1.54, 1.807) is 12.1 Å². The molecule has 0 atom stereocenters. The number of nitro benzene ring substituents is 1. The summed E-state index contributed by atoms with van der Waals surface area (Å²) >= 11 is 0. The van der Waals surface area contributed by atoms with E-state index in [2.05, 4.69) is 11.8 Å². The number of non-ortho nitro benzene ring substituents is 1. The van der Waals surface area contributed by atoms with Gasteiger partial charge in [-0.25, -0.2) is 0 Å². The van der Waals surface area contributed by atoms with Crippen LogP contribution in [0.5, 0.6) is 0 Å². The van der Waals surface area contributed by atoms with Gasteiger partial charge < -0.3 is 4.90 Å². The maximum Gasteiger partial charge on any atom is 0.269 e.